The number of nitrogens with zero attached hydrogens (tertiary/aromatic N) is 2. The molecule has 0 aliphatic carbocycles. The van der Waals surface area contributed by atoms with Gasteiger partial charge in [0.15, 0.2) is 0 Å². The molecule has 0 N–H and O–H groups in total. The van der Waals surface area contributed by atoms with Gasteiger partial charge in [0.05, 0.1) is 18.6 Å². The van der Waals surface area contributed by atoms with E-state index in [1.54, 1.807) is 6.92 Å². The zero-order valence-electron chi connectivity index (χ0n) is 18.8. The molecule has 0 bridgehead atoms. The molecule has 33 heavy (non-hydrogen) atoms. The number of aromatic nitrogens is 2. The van der Waals surface area contributed by atoms with Crippen LogP contribution in [0.15, 0.2) is 116 Å². The summed E-state index contributed by atoms with van der Waals surface area (Å²) in [6, 6.07) is 31.6. The van der Waals surface area contributed by atoms with Gasteiger partial charge in [-0.15, -0.1) is 0 Å². The average molecular weight is 437 g/mol. The van der Waals surface area contributed by atoms with E-state index < -0.39 is 5.54 Å². The molecule has 0 unspecified atom stereocenters. The number of benzene rings is 3. The third kappa shape index (κ3) is 4.80. The molecular formula is C29H28N2O2. The van der Waals surface area contributed by atoms with Crippen molar-refractivity contribution in [1.82, 2.24) is 9.55 Å². The molecule has 0 amide bonds. The van der Waals surface area contributed by atoms with E-state index in [1.807, 2.05) is 30.6 Å². The Morgan fingerprint density at radius 1 is 0.879 bits per heavy atom. The van der Waals surface area contributed by atoms with Crippen LogP contribution in [0.4, 0.5) is 0 Å². The van der Waals surface area contributed by atoms with Crippen LogP contribution in [0.25, 0.3) is 0 Å². The normalized spacial score (nSPS) is 11.5. The minimum absolute atomic E-state index is 0.306. The van der Waals surface area contributed by atoms with Crippen molar-refractivity contribution in [2.75, 3.05) is 6.61 Å². The van der Waals surface area contributed by atoms with E-state index in [2.05, 4.69) is 83.6 Å². The third-order valence-corrected chi connectivity index (χ3v) is 5.71. The highest BCUT2D eigenvalue weighted by Gasteiger charge is 2.38. The summed E-state index contributed by atoms with van der Waals surface area (Å²) in [5, 5.41) is 0. The summed E-state index contributed by atoms with van der Waals surface area (Å²) in [5.74, 6) is -0.306. The molecule has 0 radical (unpaired) electrons. The number of rotatable bonds is 9. The highest BCUT2D eigenvalue weighted by molar-refractivity contribution is 5.81. The standard InChI is InChI=1S/C29H28N2O2/c1-2-33-28(32)21-13-12-20-27-22-31(23-30-27)29(24-14-6-3-7-15-24,25-16-8-4-9-17-25)26-18-10-5-11-19-26/h3-11,13-19,21-23H,2,12,20H2,1H3. The Morgan fingerprint density at radius 2 is 1.39 bits per heavy atom. The molecule has 4 nitrogen and oxygen atoms in total. The summed E-state index contributed by atoms with van der Waals surface area (Å²) < 4.78 is 7.15. The van der Waals surface area contributed by atoms with Crippen LogP contribution in [0.1, 0.15) is 35.7 Å². The summed E-state index contributed by atoms with van der Waals surface area (Å²) in [5.41, 5.74) is 3.89. The van der Waals surface area contributed by atoms with Gasteiger partial charge in [0.2, 0.25) is 0 Å². The second-order valence-electron chi connectivity index (χ2n) is 7.77. The molecule has 0 saturated heterocycles. The predicted molar refractivity (Wildman–Crippen MR) is 131 cm³/mol. The molecule has 0 fully saturated rings. The van der Waals surface area contributed by atoms with Crippen molar-refractivity contribution in [3.8, 4) is 0 Å². The Hall–Kier alpha value is -3.92. The molecule has 4 rings (SSSR count). The maximum atomic E-state index is 11.5. The van der Waals surface area contributed by atoms with Gasteiger partial charge in [-0.3, -0.25) is 0 Å². The van der Waals surface area contributed by atoms with Gasteiger partial charge in [-0.2, -0.15) is 0 Å². The summed E-state index contributed by atoms with van der Waals surface area (Å²) in [6.45, 7) is 2.19. The lowest BCUT2D eigenvalue weighted by molar-refractivity contribution is -0.137. The van der Waals surface area contributed by atoms with Crippen LogP contribution in [-0.4, -0.2) is 22.1 Å². The number of ether oxygens (including phenoxy) is 1. The number of aryl methyl sites for hydroxylation is 1. The van der Waals surface area contributed by atoms with Crippen molar-refractivity contribution in [3.63, 3.8) is 0 Å². The number of esters is 1. The molecule has 1 aromatic heterocycles. The van der Waals surface area contributed by atoms with Crippen molar-refractivity contribution in [2.24, 2.45) is 0 Å². The lowest BCUT2D eigenvalue weighted by Crippen LogP contribution is -2.36. The Balaban J connectivity index is 1.76. The third-order valence-electron chi connectivity index (χ3n) is 5.71. The largest absolute Gasteiger partial charge is 0.463 e. The van der Waals surface area contributed by atoms with Gasteiger partial charge in [0.25, 0.3) is 0 Å². The zero-order valence-corrected chi connectivity index (χ0v) is 18.8. The smallest absolute Gasteiger partial charge is 0.330 e. The van der Waals surface area contributed by atoms with Gasteiger partial charge in [-0.1, -0.05) is 97.1 Å². The van der Waals surface area contributed by atoms with Crippen LogP contribution in [0.5, 0.6) is 0 Å². The number of imidazole rings is 1. The quantitative estimate of drug-likeness (QED) is 0.190. The number of carbonyl (C=O) groups excluding carboxylic acids is 1. The summed E-state index contributed by atoms with van der Waals surface area (Å²) >= 11 is 0. The van der Waals surface area contributed by atoms with Crippen LogP contribution in [0.2, 0.25) is 0 Å². The van der Waals surface area contributed by atoms with Gasteiger partial charge in [0.1, 0.15) is 5.54 Å². The van der Waals surface area contributed by atoms with E-state index in [9.17, 15) is 4.79 Å². The highest BCUT2D eigenvalue weighted by Crippen LogP contribution is 2.40. The first-order valence-corrected chi connectivity index (χ1v) is 11.3. The average Bonchev–Trinajstić information content (AvgIpc) is 3.34. The van der Waals surface area contributed by atoms with Crippen LogP contribution in [-0.2, 0) is 21.5 Å². The molecular weight excluding hydrogens is 408 g/mol. The molecule has 3 aromatic carbocycles. The van der Waals surface area contributed by atoms with Crippen LogP contribution < -0.4 is 0 Å². The molecule has 0 saturated carbocycles. The van der Waals surface area contributed by atoms with Gasteiger partial charge in [0, 0.05) is 12.3 Å². The van der Waals surface area contributed by atoms with E-state index in [1.165, 1.54) is 6.08 Å². The predicted octanol–water partition coefficient (Wildman–Crippen LogP) is 5.78. The first kappa shape index (κ1) is 22.3. The van der Waals surface area contributed by atoms with Gasteiger partial charge in [-0.25, -0.2) is 9.78 Å². The van der Waals surface area contributed by atoms with Crippen molar-refractivity contribution in [3.05, 3.63) is 138 Å². The molecule has 4 heteroatoms. The Kier molecular flexibility index (Phi) is 7.16. The molecule has 0 aliphatic heterocycles. The number of allylic oxidation sites excluding steroid dienone is 1. The van der Waals surface area contributed by atoms with E-state index in [-0.39, 0.29) is 5.97 Å². The molecule has 166 valence electrons. The van der Waals surface area contributed by atoms with Crippen molar-refractivity contribution in [2.45, 2.75) is 25.3 Å². The van der Waals surface area contributed by atoms with Crippen molar-refractivity contribution < 1.29 is 9.53 Å². The molecule has 0 spiro atoms. The van der Waals surface area contributed by atoms with Gasteiger partial charge < -0.3 is 9.30 Å². The SMILES string of the molecule is CCOC(=O)C=CCCc1cn(C(c2ccccc2)(c2ccccc2)c2ccccc2)cn1. The Morgan fingerprint density at radius 3 is 1.88 bits per heavy atom. The minimum Gasteiger partial charge on any atom is -0.463 e. The molecule has 0 atom stereocenters. The highest BCUT2D eigenvalue weighted by atomic mass is 16.5. The second-order valence-corrected chi connectivity index (χ2v) is 7.77. The number of hydrogen-bond donors (Lipinski definition) is 0. The molecule has 4 aromatic rings. The summed E-state index contributed by atoms with van der Waals surface area (Å²) in [7, 11) is 0. The minimum atomic E-state index is -0.560. The first-order chi connectivity index (χ1) is 16.2. The fourth-order valence-corrected chi connectivity index (χ4v) is 4.26. The lowest BCUT2D eigenvalue weighted by atomic mass is 9.77. The Bertz CT molecular complexity index is 1090. The summed E-state index contributed by atoms with van der Waals surface area (Å²) in [6.07, 6.45) is 8.81. The van der Waals surface area contributed by atoms with E-state index in [4.69, 9.17) is 9.72 Å². The van der Waals surface area contributed by atoms with Crippen LogP contribution in [0, 0.1) is 0 Å². The number of hydrogen-bond acceptors (Lipinski definition) is 3. The molecule has 1 heterocycles. The van der Waals surface area contributed by atoms with E-state index in [0.717, 1.165) is 28.8 Å². The van der Waals surface area contributed by atoms with Crippen molar-refractivity contribution in [1.29, 1.82) is 0 Å². The monoisotopic (exact) mass is 436 g/mol. The van der Waals surface area contributed by atoms with Crippen LogP contribution in [0.3, 0.4) is 0 Å². The van der Waals surface area contributed by atoms with E-state index in [0.29, 0.717) is 13.0 Å². The maximum Gasteiger partial charge on any atom is 0.330 e. The maximum absolute atomic E-state index is 11.5. The molecule has 0 aliphatic rings. The second kappa shape index (κ2) is 10.6. The lowest BCUT2D eigenvalue weighted by Gasteiger charge is -2.37. The first-order valence-electron chi connectivity index (χ1n) is 11.3. The van der Waals surface area contributed by atoms with Gasteiger partial charge >= 0.3 is 5.97 Å². The topological polar surface area (TPSA) is 44.1 Å². The number of carbonyl (C=O) groups is 1. The zero-order chi connectivity index (χ0) is 22.9. The van der Waals surface area contributed by atoms with Gasteiger partial charge in [-0.05, 0) is 36.5 Å². The van der Waals surface area contributed by atoms with E-state index >= 15 is 0 Å². The van der Waals surface area contributed by atoms with Crippen molar-refractivity contribution >= 4 is 5.97 Å². The summed E-state index contributed by atoms with van der Waals surface area (Å²) in [4.78, 5) is 16.3. The van der Waals surface area contributed by atoms with Crippen LogP contribution >= 0.6 is 0 Å². The fourth-order valence-electron chi connectivity index (χ4n) is 4.26. The Labute approximate surface area is 195 Å². The fraction of sp³-hybridized carbons (Fsp3) is 0.172.